The van der Waals surface area contributed by atoms with Crippen LogP contribution in [-0.4, -0.2) is 41.5 Å². The van der Waals surface area contributed by atoms with E-state index in [0.717, 1.165) is 25.7 Å². The quantitative estimate of drug-likeness (QED) is 0.361. The molecular weight excluding hydrogens is 296 g/mol. The Bertz CT molecular complexity index is 612. The van der Waals surface area contributed by atoms with Crippen molar-refractivity contribution >= 4 is 15.9 Å². The molecule has 2 rings (SSSR count). The van der Waals surface area contributed by atoms with Crippen LogP contribution in [-0.2, 0) is 10.0 Å². The van der Waals surface area contributed by atoms with Gasteiger partial charge in [0.1, 0.15) is 10.6 Å². The molecule has 1 fully saturated rings. The molecule has 1 heterocycles. The van der Waals surface area contributed by atoms with Gasteiger partial charge in [0.15, 0.2) is 11.6 Å². The summed E-state index contributed by atoms with van der Waals surface area (Å²) in [6, 6.07) is -0.149. The molecule has 1 saturated carbocycles. The van der Waals surface area contributed by atoms with Crippen molar-refractivity contribution in [2.75, 3.05) is 6.54 Å². The minimum absolute atomic E-state index is 0.0696. The Hall–Kier alpha value is -1.61. The molecule has 0 aliphatic heterocycles. The molecule has 0 atom stereocenters. The highest BCUT2D eigenvalue weighted by Gasteiger charge is 2.37. The summed E-state index contributed by atoms with van der Waals surface area (Å²) in [5.74, 6) is 0.104. The molecule has 0 radical (unpaired) electrons. The molecular formula is C12H20N4O4S. The lowest BCUT2D eigenvalue weighted by Crippen LogP contribution is -2.44. The Kier molecular flexibility index (Phi) is 4.52. The molecule has 0 saturated heterocycles. The lowest BCUT2D eigenvalue weighted by molar-refractivity contribution is 0.308. The fraction of sp³-hybridized carbons (Fsp3) is 0.667. The largest absolute Gasteiger partial charge is 0.409 e. The van der Waals surface area contributed by atoms with Crippen LogP contribution in [0.3, 0.4) is 0 Å². The van der Waals surface area contributed by atoms with Crippen LogP contribution in [0.4, 0.5) is 0 Å². The number of hydrogen-bond acceptors (Lipinski definition) is 6. The number of oxime groups is 1. The van der Waals surface area contributed by atoms with Crippen LogP contribution in [0, 0.1) is 13.8 Å². The number of sulfonamides is 1. The minimum Gasteiger partial charge on any atom is -0.409 e. The van der Waals surface area contributed by atoms with Crippen molar-refractivity contribution in [3.05, 3.63) is 11.5 Å². The first-order valence-electron chi connectivity index (χ1n) is 6.79. The average molecular weight is 316 g/mol. The first-order valence-corrected chi connectivity index (χ1v) is 8.23. The van der Waals surface area contributed by atoms with Crippen molar-refractivity contribution in [1.82, 2.24) is 9.46 Å². The Balaban J connectivity index is 2.43. The van der Waals surface area contributed by atoms with Crippen molar-refractivity contribution in [3.8, 4) is 0 Å². The Morgan fingerprint density at radius 1 is 1.48 bits per heavy atom. The topological polar surface area (TPSA) is 122 Å². The molecule has 0 unspecified atom stereocenters. The van der Waals surface area contributed by atoms with Gasteiger partial charge in [-0.25, -0.2) is 8.42 Å². The number of nitrogens with zero attached hydrogens (tertiary/aromatic N) is 3. The number of amidine groups is 1. The third kappa shape index (κ3) is 3.03. The van der Waals surface area contributed by atoms with E-state index in [9.17, 15) is 8.42 Å². The number of aryl methyl sites for hydroxylation is 2. The van der Waals surface area contributed by atoms with Gasteiger partial charge in [-0.1, -0.05) is 23.2 Å². The van der Waals surface area contributed by atoms with Crippen LogP contribution in [0.25, 0.3) is 0 Å². The number of rotatable bonds is 5. The van der Waals surface area contributed by atoms with Gasteiger partial charge >= 0.3 is 0 Å². The number of hydrogen-bond donors (Lipinski definition) is 2. The van der Waals surface area contributed by atoms with Crippen molar-refractivity contribution in [2.24, 2.45) is 10.9 Å². The molecule has 0 amide bonds. The molecule has 8 nitrogen and oxygen atoms in total. The molecule has 21 heavy (non-hydrogen) atoms. The smallest absolute Gasteiger partial charge is 0.249 e. The van der Waals surface area contributed by atoms with E-state index in [2.05, 4.69) is 10.3 Å². The van der Waals surface area contributed by atoms with E-state index < -0.39 is 10.0 Å². The third-order valence-corrected chi connectivity index (χ3v) is 5.86. The van der Waals surface area contributed by atoms with E-state index >= 15 is 0 Å². The zero-order chi connectivity index (χ0) is 15.6. The van der Waals surface area contributed by atoms with Gasteiger partial charge in [0.25, 0.3) is 0 Å². The third-order valence-electron chi connectivity index (χ3n) is 3.71. The Morgan fingerprint density at radius 2 is 2.10 bits per heavy atom. The summed E-state index contributed by atoms with van der Waals surface area (Å²) in [7, 11) is -3.80. The maximum absolute atomic E-state index is 12.9. The number of nitrogens with two attached hydrogens (primary N) is 1. The zero-order valence-electron chi connectivity index (χ0n) is 12.1. The van der Waals surface area contributed by atoms with Crippen molar-refractivity contribution in [1.29, 1.82) is 0 Å². The van der Waals surface area contributed by atoms with Gasteiger partial charge in [0.05, 0.1) is 6.54 Å². The molecule has 1 aliphatic carbocycles. The normalized spacial score (nSPS) is 17.8. The lowest BCUT2D eigenvalue weighted by Gasteiger charge is -2.27. The van der Waals surface area contributed by atoms with Gasteiger partial charge in [-0.15, -0.1) is 0 Å². The molecule has 0 bridgehead atoms. The number of aromatic nitrogens is 1. The second-order valence-corrected chi connectivity index (χ2v) is 7.06. The van der Waals surface area contributed by atoms with Crippen LogP contribution < -0.4 is 5.73 Å². The summed E-state index contributed by atoms with van der Waals surface area (Å²) in [5.41, 5.74) is 5.84. The average Bonchev–Trinajstić information content (AvgIpc) is 3.05. The summed E-state index contributed by atoms with van der Waals surface area (Å²) in [6.45, 7) is 3.00. The van der Waals surface area contributed by atoms with E-state index in [1.54, 1.807) is 13.8 Å². The highest BCUT2D eigenvalue weighted by molar-refractivity contribution is 7.89. The second-order valence-electron chi connectivity index (χ2n) is 5.23. The van der Waals surface area contributed by atoms with Gasteiger partial charge in [0.2, 0.25) is 10.0 Å². The molecule has 0 spiro atoms. The molecule has 1 aliphatic rings. The molecule has 0 aromatic carbocycles. The van der Waals surface area contributed by atoms with Crippen molar-refractivity contribution in [3.63, 3.8) is 0 Å². The summed E-state index contributed by atoms with van der Waals surface area (Å²) in [4.78, 5) is 0.0696. The Morgan fingerprint density at radius 3 is 2.57 bits per heavy atom. The minimum atomic E-state index is -3.80. The van der Waals surface area contributed by atoms with Crippen molar-refractivity contribution in [2.45, 2.75) is 50.5 Å². The lowest BCUT2D eigenvalue weighted by atomic mass is 10.2. The van der Waals surface area contributed by atoms with Crippen LogP contribution in [0.5, 0.6) is 0 Å². The maximum atomic E-state index is 12.9. The van der Waals surface area contributed by atoms with Gasteiger partial charge in [-0.2, -0.15) is 4.31 Å². The van der Waals surface area contributed by atoms with Crippen LogP contribution in [0.1, 0.15) is 37.1 Å². The van der Waals surface area contributed by atoms with E-state index in [0.29, 0.717) is 5.69 Å². The van der Waals surface area contributed by atoms with Crippen LogP contribution in [0.15, 0.2) is 14.6 Å². The molecule has 1 aromatic heterocycles. The summed E-state index contributed by atoms with van der Waals surface area (Å²) < 4.78 is 32.1. The van der Waals surface area contributed by atoms with Gasteiger partial charge in [-0.05, 0) is 26.7 Å². The highest BCUT2D eigenvalue weighted by atomic mass is 32.2. The molecule has 1 aromatic rings. The zero-order valence-corrected chi connectivity index (χ0v) is 12.9. The first kappa shape index (κ1) is 15.8. The van der Waals surface area contributed by atoms with E-state index in [1.807, 2.05) is 0 Å². The first-order chi connectivity index (χ1) is 9.87. The SMILES string of the molecule is Cc1noc(C)c1S(=O)(=O)N(CC(N)=NO)C1CCCC1. The molecule has 118 valence electrons. The highest BCUT2D eigenvalue weighted by Crippen LogP contribution is 2.30. The van der Waals surface area contributed by atoms with Crippen LogP contribution in [0.2, 0.25) is 0 Å². The standard InChI is InChI=1S/C12H20N4O4S/c1-8-12(9(2)20-15-8)21(18,19)16(7-11(13)14-17)10-5-3-4-6-10/h10,17H,3-7H2,1-2H3,(H2,13,14). The van der Waals surface area contributed by atoms with E-state index in [1.165, 1.54) is 4.31 Å². The van der Waals surface area contributed by atoms with Crippen LogP contribution >= 0.6 is 0 Å². The fourth-order valence-electron chi connectivity index (χ4n) is 2.75. The van der Waals surface area contributed by atoms with Gasteiger partial charge in [0, 0.05) is 6.04 Å². The predicted octanol–water partition coefficient (Wildman–Crippen LogP) is 0.971. The predicted molar refractivity (Wildman–Crippen MR) is 75.5 cm³/mol. The summed E-state index contributed by atoms with van der Waals surface area (Å²) in [5, 5.41) is 15.3. The van der Waals surface area contributed by atoms with E-state index in [-0.39, 0.29) is 29.1 Å². The Labute approximate surface area is 123 Å². The maximum Gasteiger partial charge on any atom is 0.249 e. The molecule has 9 heteroatoms. The summed E-state index contributed by atoms with van der Waals surface area (Å²) >= 11 is 0. The molecule has 3 N–H and O–H groups in total. The second kappa shape index (κ2) is 6.02. The van der Waals surface area contributed by atoms with E-state index in [4.69, 9.17) is 15.5 Å². The van der Waals surface area contributed by atoms with Gasteiger partial charge < -0.3 is 15.5 Å². The van der Waals surface area contributed by atoms with Crippen molar-refractivity contribution < 1.29 is 18.1 Å². The summed E-state index contributed by atoms with van der Waals surface area (Å²) in [6.07, 6.45) is 3.46. The van der Waals surface area contributed by atoms with Gasteiger partial charge in [-0.3, -0.25) is 0 Å². The monoisotopic (exact) mass is 316 g/mol. The fourth-order valence-corrected chi connectivity index (χ4v) is 4.71.